The third-order valence-corrected chi connectivity index (χ3v) is 5.92. The number of sulfonamides is 1. The van der Waals surface area contributed by atoms with Crippen molar-refractivity contribution in [1.29, 1.82) is 0 Å². The van der Waals surface area contributed by atoms with E-state index >= 15 is 0 Å². The van der Waals surface area contributed by atoms with Crippen molar-refractivity contribution < 1.29 is 13.5 Å². The Balaban J connectivity index is 2.45. The van der Waals surface area contributed by atoms with Crippen molar-refractivity contribution in [1.82, 2.24) is 4.31 Å². The zero-order valence-corrected chi connectivity index (χ0v) is 12.9. The lowest BCUT2D eigenvalue weighted by Crippen LogP contribution is -2.38. The molecule has 0 aliphatic carbocycles. The highest BCUT2D eigenvalue weighted by molar-refractivity contribution is 7.99. The number of hydrogen-bond donors (Lipinski definition) is 1. The van der Waals surface area contributed by atoms with Crippen molar-refractivity contribution >= 4 is 21.8 Å². The van der Waals surface area contributed by atoms with Gasteiger partial charge in [-0.15, -0.1) is 0 Å². The molecule has 1 saturated heterocycles. The summed E-state index contributed by atoms with van der Waals surface area (Å²) in [6.07, 6.45) is 0. The Morgan fingerprint density at radius 2 is 2.05 bits per heavy atom. The topological polar surface area (TPSA) is 57.6 Å². The van der Waals surface area contributed by atoms with Gasteiger partial charge in [-0.2, -0.15) is 16.1 Å². The van der Waals surface area contributed by atoms with Crippen LogP contribution in [-0.4, -0.2) is 49.0 Å². The van der Waals surface area contributed by atoms with Crippen molar-refractivity contribution in [2.24, 2.45) is 0 Å². The van der Waals surface area contributed by atoms with Gasteiger partial charge in [-0.1, -0.05) is 17.9 Å². The van der Waals surface area contributed by atoms with E-state index in [4.69, 9.17) is 5.11 Å². The van der Waals surface area contributed by atoms with Crippen molar-refractivity contribution in [3.05, 3.63) is 29.3 Å². The first kappa shape index (κ1) is 15.4. The summed E-state index contributed by atoms with van der Waals surface area (Å²) in [5.41, 5.74) is 1.40. The van der Waals surface area contributed by atoms with Gasteiger partial charge in [-0.3, -0.25) is 0 Å². The van der Waals surface area contributed by atoms with Crippen molar-refractivity contribution in [2.45, 2.75) is 11.8 Å². The molecule has 0 aromatic heterocycles. The molecule has 2 rings (SSSR count). The highest BCUT2D eigenvalue weighted by Gasteiger charge is 2.27. The number of benzene rings is 1. The van der Waals surface area contributed by atoms with Gasteiger partial charge in [0.15, 0.2) is 0 Å². The van der Waals surface area contributed by atoms with Crippen LogP contribution >= 0.6 is 11.8 Å². The van der Waals surface area contributed by atoms with Gasteiger partial charge in [0.05, 0.1) is 4.90 Å². The smallest absolute Gasteiger partial charge is 0.244 e. The van der Waals surface area contributed by atoms with Gasteiger partial charge in [0.2, 0.25) is 10.0 Å². The van der Waals surface area contributed by atoms with Crippen molar-refractivity contribution in [2.75, 3.05) is 31.2 Å². The number of aliphatic hydroxyl groups excluding tert-OH is 1. The molecule has 0 bridgehead atoms. The zero-order valence-electron chi connectivity index (χ0n) is 11.3. The van der Waals surface area contributed by atoms with Crippen LogP contribution in [-0.2, 0) is 10.0 Å². The SMILES string of the molecule is Cc1ccc(S(=O)(=O)N2CCSCC2)c(C#CCO)c1. The van der Waals surface area contributed by atoms with Crippen LogP contribution in [0.1, 0.15) is 11.1 Å². The zero-order chi connectivity index (χ0) is 14.6. The summed E-state index contributed by atoms with van der Waals surface area (Å²) in [7, 11) is -3.50. The number of aryl methyl sites for hydroxylation is 1. The molecule has 0 saturated carbocycles. The van der Waals surface area contributed by atoms with Crippen LogP contribution in [0.2, 0.25) is 0 Å². The average molecular weight is 311 g/mol. The van der Waals surface area contributed by atoms with Crippen molar-refractivity contribution in [3.8, 4) is 11.8 Å². The van der Waals surface area contributed by atoms with E-state index in [0.717, 1.165) is 17.1 Å². The Morgan fingerprint density at radius 1 is 1.35 bits per heavy atom. The fourth-order valence-corrected chi connectivity index (χ4v) is 4.73. The minimum Gasteiger partial charge on any atom is -0.384 e. The van der Waals surface area contributed by atoms with E-state index in [1.807, 2.05) is 6.92 Å². The van der Waals surface area contributed by atoms with Crippen LogP contribution in [0.3, 0.4) is 0 Å². The fraction of sp³-hybridized carbons (Fsp3) is 0.429. The summed E-state index contributed by atoms with van der Waals surface area (Å²) in [6, 6.07) is 5.12. The first-order valence-corrected chi connectivity index (χ1v) is 8.93. The third-order valence-electron chi connectivity index (χ3n) is 3.03. The second-order valence-corrected chi connectivity index (χ2v) is 7.61. The second kappa shape index (κ2) is 6.64. The maximum absolute atomic E-state index is 12.7. The summed E-state index contributed by atoms with van der Waals surface area (Å²) < 4.78 is 26.8. The maximum atomic E-state index is 12.7. The number of hydrogen-bond acceptors (Lipinski definition) is 4. The summed E-state index contributed by atoms with van der Waals surface area (Å²) in [6.45, 7) is 2.67. The normalized spacial score (nSPS) is 16.5. The molecule has 108 valence electrons. The van der Waals surface area contributed by atoms with E-state index < -0.39 is 10.0 Å². The number of thioether (sulfide) groups is 1. The van der Waals surface area contributed by atoms with E-state index in [1.54, 1.807) is 30.0 Å². The summed E-state index contributed by atoms with van der Waals surface area (Å²) in [5, 5.41) is 8.80. The van der Waals surface area contributed by atoms with Crippen LogP contribution in [0.15, 0.2) is 23.1 Å². The molecule has 1 N–H and O–H groups in total. The molecule has 0 unspecified atom stereocenters. The van der Waals surface area contributed by atoms with E-state index in [9.17, 15) is 8.42 Å². The molecule has 1 fully saturated rings. The Morgan fingerprint density at radius 3 is 2.70 bits per heavy atom. The molecule has 20 heavy (non-hydrogen) atoms. The quantitative estimate of drug-likeness (QED) is 0.830. The van der Waals surface area contributed by atoms with Crippen LogP contribution in [0.4, 0.5) is 0 Å². The summed E-state index contributed by atoms with van der Waals surface area (Å²) in [5.74, 6) is 6.91. The molecule has 1 aromatic rings. The molecule has 1 aliphatic heterocycles. The molecule has 0 amide bonds. The maximum Gasteiger partial charge on any atom is 0.244 e. The first-order chi connectivity index (χ1) is 9.55. The number of rotatable bonds is 2. The van der Waals surface area contributed by atoms with E-state index in [-0.39, 0.29) is 11.5 Å². The predicted molar refractivity (Wildman–Crippen MR) is 81.2 cm³/mol. The molecule has 1 aliphatic rings. The molecule has 0 atom stereocenters. The molecule has 1 heterocycles. The molecule has 0 spiro atoms. The summed E-state index contributed by atoms with van der Waals surface area (Å²) >= 11 is 1.76. The van der Waals surface area contributed by atoms with E-state index in [0.29, 0.717) is 18.7 Å². The number of aliphatic hydroxyl groups is 1. The predicted octanol–water partition coefficient (Wildman–Crippen LogP) is 1.08. The van der Waals surface area contributed by atoms with Gasteiger partial charge in [0, 0.05) is 30.2 Å². The first-order valence-electron chi connectivity index (χ1n) is 6.34. The average Bonchev–Trinajstić information content (AvgIpc) is 2.46. The minimum absolute atomic E-state index is 0.232. The number of nitrogens with zero attached hydrogens (tertiary/aromatic N) is 1. The lowest BCUT2D eigenvalue weighted by Gasteiger charge is -2.26. The molecule has 1 aromatic carbocycles. The molecule has 4 nitrogen and oxygen atoms in total. The van der Waals surface area contributed by atoms with Gasteiger partial charge >= 0.3 is 0 Å². The standard InChI is InChI=1S/C14H17NO3S2/c1-12-4-5-14(13(11-12)3-2-8-16)20(17,18)15-6-9-19-10-7-15/h4-5,11,16H,6-10H2,1H3. The Labute approximate surface area is 124 Å². The van der Waals surface area contributed by atoms with Crippen LogP contribution in [0.5, 0.6) is 0 Å². The summed E-state index contributed by atoms with van der Waals surface area (Å²) in [4.78, 5) is 0.232. The van der Waals surface area contributed by atoms with Gasteiger partial charge in [0.1, 0.15) is 6.61 Å². The Bertz CT molecular complexity index is 638. The third kappa shape index (κ3) is 3.36. The monoisotopic (exact) mass is 311 g/mol. The molecular formula is C14H17NO3S2. The van der Waals surface area contributed by atoms with Crippen LogP contribution in [0.25, 0.3) is 0 Å². The Kier molecular flexibility index (Phi) is 5.11. The lowest BCUT2D eigenvalue weighted by atomic mass is 10.1. The van der Waals surface area contributed by atoms with Crippen LogP contribution in [0, 0.1) is 18.8 Å². The lowest BCUT2D eigenvalue weighted by molar-refractivity contribution is 0.350. The highest BCUT2D eigenvalue weighted by atomic mass is 32.2. The van der Waals surface area contributed by atoms with Crippen LogP contribution < -0.4 is 0 Å². The minimum atomic E-state index is -3.50. The van der Waals surface area contributed by atoms with E-state index in [1.165, 1.54) is 4.31 Å². The van der Waals surface area contributed by atoms with Gasteiger partial charge in [-0.25, -0.2) is 8.42 Å². The molecule has 0 radical (unpaired) electrons. The van der Waals surface area contributed by atoms with Gasteiger partial charge < -0.3 is 5.11 Å². The van der Waals surface area contributed by atoms with Crippen molar-refractivity contribution in [3.63, 3.8) is 0 Å². The van der Waals surface area contributed by atoms with Gasteiger partial charge in [0.25, 0.3) is 0 Å². The van der Waals surface area contributed by atoms with E-state index in [2.05, 4.69) is 11.8 Å². The largest absolute Gasteiger partial charge is 0.384 e. The van der Waals surface area contributed by atoms with Gasteiger partial charge in [-0.05, 0) is 24.6 Å². The Hall–Kier alpha value is -1.00. The molecular weight excluding hydrogens is 294 g/mol. The fourth-order valence-electron chi connectivity index (χ4n) is 2.03. The second-order valence-electron chi connectivity index (χ2n) is 4.48. The highest BCUT2D eigenvalue weighted by Crippen LogP contribution is 2.23. The molecule has 6 heteroatoms.